The van der Waals surface area contributed by atoms with Gasteiger partial charge in [-0.25, -0.2) is 0 Å². The molecule has 2 aromatic carbocycles. The molecule has 1 unspecified atom stereocenters. The first-order valence-electron chi connectivity index (χ1n) is 6.96. The molecule has 0 aliphatic rings. The van der Waals surface area contributed by atoms with Crippen molar-refractivity contribution in [1.82, 2.24) is 4.90 Å². The Labute approximate surface area is 132 Å². The van der Waals surface area contributed by atoms with Crippen LogP contribution in [0.4, 0.5) is 13.2 Å². The van der Waals surface area contributed by atoms with Gasteiger partial charge in [0.2, 0.25) is 0 Å². The molecule has 23 heavy (non-hydrogen) atoms. The second kappa shape index (κ2) is 6.73. The van der Waals surface area contributed by atoms with E-state index in [1.165, 1.54) is 17.0 Å². The van der Waals surface area contributed by atoms with Crippen LogP contribution in [0.2, 0.25) is 0 Å². The van der Waals surface area contributed by atoms with E-state index in [9.17, 15) is 18.0 Å². The van der Waals surface area contributed by atoms with Crippen molar-refractivity contribution in [1.29, 1.82) is 0 Å². The quantitative estimate of drug-likeness (QED) is 0.833. The van der Waals surface area contributed by atoms with Crippen LogP contribution in [0.25, 0.3) is 0 Å². The number of alkyl halides is 3. The summed E-state index contributed by atoms with van der Waals surface area (Å²) in [7, 11) is 1.65. The third-order valence-electron chi connectivity index (χ3n) is 3.52. The Morgan fingerprint density at radius 3 is 2.13 bits per heavy atom. The number of carbonyl (C=O) groups excluding carboxylic acids is 1. The summed E-state index contributed by atoms with van der Waals surface area (Å²) < 4.78 is 40.2. The Bertz CT molecular complexity index is 654. The van der Waals surface area contributed by atoms with Crippen LogP contribution >= 0.6 is 0 Å². The van der Waals surface area contributed by atoms with Gasteiger partial charge in [0.05, 0.1) is 6.04 Å². The number of benzene rings is 2. The molecule has 2 rings (SSSR count). The van der Waals surface area contributed by atoms with Crippen molar-refractivity contribution in [2.24, 2.45) is 0 Å². The highest BCUT2D eigenvalue weighted by molar-refractivity contribution is 5.94. The van der Waals surface area contributed by atoms with Crippen LogP contribution in [-0.4, -0.2) is 24.2 Å². The van der Waals surface area contributed by atoms with Gasteiger partial charge in [-0.15, -0.1) is 13.2 Å². The van der Waals surface area contributed by atoms with Crippen molar-refractivity contribution in [2.75, 3.05) is 7.05 Å². The molecule has 0 aromatic heterocycles. The smallest absolute Gasteiger partial charge is 0.406 e. The molecule has 0 saturated heterocycles. The van der Waals surface area contributed by atoms with Gasteiger partial charge in [-0.05, 0) is 36.8 Å². The van der Waals surface area contributed by atoms with Crippen molar-refractivity contribution in [3.8, 4) is 5.75 Å². The summed E-state index contributed by atoms with van der Waals surface area (Å²) in [6, 6.07) is 14.2. The Morgan fingerprint density at radius 1 is 1.04 bits per heavy atom. The van der Waals surface area contributed by atoms with E-state index in [1.807, 2.05) is 37.3 Å². The van der Waals surface area contributed by atoms with Gasteiger partial charge < -0.3 is 9.64 Å². The molecule has 122 valence electrons. The van der Waals surface area contributed by atoms with Gasteiger partial charge >= 0.3 is 6.36 Å². The first-order chi connectivity index (χ1) is 10.8. The minimum absolute atomic E-state index is 0.158. The van der Waals surface area contributed by atoms with E-state index in [2.05, 4.69) is 4.74 Å². The van der Waals surface area contributed by atoms with Crippen molar-refractivity contribution in [3.63, 3.8) is 0 Å². The topological polar surface area (TPSA) is 29.5 Å². The normalized spacial score (nSPS) is 12.6. The molecule has 3 nitrogen and oxygen atoms in total. The van der Waals surface area contributed by atoms with E-state index in [-0.39, 0.29) is 17.7 Å². The number of hydrogen-bond donors (Lipinski definition) is 0. The fourth-order valence-corrected chi connectivity index (χ4v) is 2.13. The molecular formula is C17H16F3NO2. The molecule has 1 amide bonds. The maximum Gasteiger partial charge on any atom is 0.573 e. The molecule has 0 N–H and O–H groups in total. The summed E-state index contributed by atoms with van der Waals surface area (Å²) >= 11 is 0. The van der Waals surface area contributed by atoms with Crippen LogP contribution in [0.1, 0.15) is 28.9 Å². The molecule has 0 radical (unpaired) electrons. The first kappa shape index (κ1) is 16.9. The monoisotopic (exact) mass is 323 g/mol. The number of ether oxygens (including phenoxy) is 1. The summed E-state index contributed by atoms with van der Waals surface area (Å²) in [5.74, 6) is -0.632. The van der Waals surface area contributed by atoms with E-state index in [0.29, 0.717) is 5.56 Å². The minimum Gasteiger partial charge on any atom is -0.406 e. The Hall–Kier alpha value is -2.50. The summed E-state index contributed by atoms with van der Waals surface area (Å²) in [5.41, 5.74) is 1.27. The SMILES string of the molecule is CC(c1ccccc1)N(C)C(=O)c1ccc(OC(F)(F)F)cc1. The van der Waals surface area contributed by atoms with E-state index < -0.39 is 6.36 Å². The van der Waals surface area contributed by atoms with Gasteiger partial charge in [0, 0.05) is 12.6 Å². The number of carbonyl (C=O) groups is 1. The molecule has 0 fully saturated rings. The van der Waals surface area contributed by atoms with Gasteiger partial charge in [-0.2, -0.15) is 0 Å². The zero-order valence-corrected chi connectivity index (χ0v) is 12.7. The number of amides is 1. The third-order valence-corrected chi connectivity index (χ3v) is 3.52. The minimum atomic E-state index is -4.75. The molecule has 0 saturated carbocycles. The zero-order chi connectivity index (χ0) is 17.0. The fraction of sp³-hybridized carbons (Fsp3) is 0.235. The molecule has 0 aliphatic carbocycles. The molecule has 0 heterocycles. The lowest BCUT2D eigenvalue weighted by Crippen LogP contribution is -2.29. The summed E-state index contributed by atoms with van der Waals surface area (Å²) in [6.07, 6.45) is -4.75. The highest BCUT2D eigenvalue weighted by atomic mass is 19.4. The zero-order valence-electron chi connectivity index (χ0n) is 12.7. The van der Waals surface area contributed by atoms with Gasteiger partial charge in [0.1, 0.15) is 5.75 Å². The second-order valence-electron chi connectivity index (χ2n) is 5.07. The van der Waals surface area contributed by atoms with Crippen molar-refractivity contribution in [2.45, 2.75) is 19.3 Å². The first-order valence-corrected chi connectivity index (χ1v) is 6.96. The Morgan fingerprint density at radius 2 is 1.61 bits per heavy atom. The second-order valence-corrected chi connectivity index (χ2v) is 5.07. The fourth-order valence-electron chi connectivity index (χ4n) is 2.13. The third kappa shape index (κ3) is 4.48. The summed E-state index contributed by atoms with van der Waals surface area (Å²) in [5, 5.41) is 0. The van der Waals surface area contributed by atoms with Gasteiger partial charge in [0.15, 0.2) is 0 Å². The average molecular weight is 323 g/mol. The maximum absolute atomic E-state index is 12.4. The molecule has 0 spiro atoms. The number of halogens is 3. The summed E-state index contributed by atoms with van der Waals surface area (Å²) in [4.78, 5) is 14.0. The number of nitrogens with zero attached hydrogens (tertiary/aromatic N) is 1. The van der Waals surface area contributed by atoms with Crippen molar-refractivity contribution in [3.05, 3.63) is 65.7 Å². The number of hydrogen-bond acceptors (Lipinski definition) is 2. The molecule has 0 aliphatic heterocycles. The van der Waals surface area contributed by atoms with Crippen LogP contribution in [0.3, 0.4) is 0 Å². The Balaban J connectivity index is 2.10. The largest absolute Gasteiger partial charge is 0.573 e. The average Bonchev–Trinajstić information content (AvgIpc) is 2.53. The van der Waals surface area contributed by atoms with Gasteiger partial charge in [0.25, 0.3) is 5.91 Å². The lowest BCUT2D eigenvalue weighted by Gasteiger charge is -2.25. The highest BCUT2D eigenvalue weighted by Gasteiger charge is 2.31. The van der Waals surface area contributed by atoms with E-state index in [0.717, 1.165) is 17.7 Å². The van der Waals surface area contributed by atoms with E-state index in [1.54, 1.807) is 7.05 Å². The maximum atomic E-state index is 12.4. The lowest BCUT2D eigenvalue weighted by molar-refractivity contribution is -0.274. The van der Waals surface area contributed by atoms with E-state index >= 15 is 0 Å². The standard InChI is InChI=1S/C17H16F3NO2/c1-12(13-6-4-3-5-7-13)21(2)16(22)14-8-10-15(11-9-14)23-17(18,19)20/h3-12H,1-2H3. The molecule has 1 atom stereocenters. The predicted molar refractivity (Wildman–Crippen MR) is 80.1 cm³/mol. The highest BCUT2D eigenvalue weighted by Crippen LogP contribution is 2.24. The molecular weight excluding hydrogens is 307 g/mol. The van der Waals surface area contributed by atoms with Gasteiger partial charge in [-0.3, -0.25) is 4.79 Å². The molecule has 0 bridgehead atoms. The predicted octanol–water partition coefficient (Wildman–Crippen LogP) is 4.42. The Kier molecular flexibility index (Phi) is 4.93. The van der Waals surface area contributed by atoms with Crippen LogP contribution in [0, 0.1) is 0 Å². The molecule has 2 aromatic rings. The number of rotatable bonds is 4. The van der Waals surface area contributed by atoms with Gasteiger partial charge in [-0.1, -0.05) is 30.3 Å². The van der Waals surface area contributed by atoms with Crippen molar-refractivity contribution < 1.29 is 22.7 Å². The van der Waals surface area contributed by atoms with Crippen LogP contribution in [0.15, 0.2) is 54.6 Å². The summed E-state index contributed by atoms with van der Waals surface area (Å²) in [6.45, 7) is 1.88. The van der Waals surface area contributed by atoms with E-state index in [4.69, 9.17) is 0 Å². The van der Waals surface area contributed by atoms with Crippen LogP contribution in [-0.2, 0) is 0 Å². The van der Waals surface area contributed by atoms with Crippen molar-refractivity contribution >= 4 is 5.91 Å². The van der Waals surface area contributed by atoms with Crippen LogP contribution in [0.5, 0.6) is 5.75 Å². The van der Waals surface area contributed by atoms with Crippen LogP contribution < -0.4 is 4.74 Å². The molecule has 6 heteroatoms. The lowest BCUT2D eigenvalue weighted by atomic mass is 10.1.